The number of carbonyl (C=O) groups is 3. The fourth-order valence-corrected chi connectivity index (χ4v) is 2.45. The fraction of sp³-hybridized carbons (Fsp3) is 0.211. The van der Waals surface area contributed by atoms with Crippen molar-refractivity contribution < 1.29 is 19.1 Å². The van der Waals surface area contributed by atoms with Gasteiger partial charge < -0.3 is 10.1 Å². The van der Waals surface area contributed by atoms with E-state index in [0.717, 1.165) is 10.0 Å². The van der Waals surface area contributed by atoms with E-state index in [9.17, 15) is 14.4 Å². The Morgan fingerprint density at radius 2 is 1.68 bits per heavy atom. The number of esters is 1. The minimum atomic E-state index is -0.652. The molecule has 0 saturated carbocycles. The van der Waals surface area contributed by atoms with Gasteiger partial charge in [0.15, 0.2) is 12.4 Å². The lowest BCUT2D eigenvalue weighted by molar-refractivity contribution is -0.128. The fourth-order valence-electron chi connectivity index (χ4n) is 2.18. The highest BCUT2D eigenvalue weighted by atomic mass is 79.9. The molecule has 0 aliphatic rings. The lowest BCUT2D eigenvalue weighted by Crippen LogP contribution is -2.43. The molecule has 2 aromatic carbocycles. The molecule has 6 heteroatoms. The second-order valence-corrected chi connectivity index (χ2v) is 6.42. The first-order chi connectivity index (χ1) is 12.0. The number of rotatable bonds is 7. The van der Waals surface area contributed by atoms with Crippen LogP contribution in [0, 0.1) is 0 Å². The first-order valence-electron chi connectivity index (χ1n) is 7.72. The number of ketones is 1. The average molecular weight is 404 g/mol. The first kappa shape index (κ1) is 18.9. The van der Waals surface area contributed by atoms with Crippen LogP contribution in [0.4, 0.5) is 0 Å². The van der Waals surface area contributed by atoms with Crippen molar-refractivity contribution >= 4 is 33.6 Å². The Bertz CT molecular complexity index is 744. The number of nitrogens with one attached hydrogen (secondary N) is 1. The molecular formula is C19H18BrNO4. The second-order valence-electron chi connectivity index (χ2n) is 5.50. The molecule has 1 amide bonds. The number of carbonyl (C=O) groups excluding carboxylic acids is 3. The Morgan fingerprint density at radius 1 is 1.04 bits per heavy atom. The van der Waals surface area contributed by atoms with E-state index in [1.165, 1.54) is 6.92 Å². The van der Waals surface area contributed by atoms with Crippen LogP contribution in [0.5, 0.6) is 0 Å². The zero-order chi connectivity index (χ0) is 18.2. The van der Waals surface area contributed by atoms with Gasteiger partial charge in [0.2, 0.25) is 0 Å². The van der Waals surface area contributed by atoms with Gasteiger partial charge in [-0.3, -0.25) is 9.59 Å². The third kappa shape index (κ3) is 6.15. The Labute approximate surface area is 154 Å². The summed E-state index contributed by atoms with van der Waals surface area (Å²) in [6.07, 6.45) is 0.391. The van der Waals surface area contributed by atoms with E-state index >= 15 is 0 Å². The quantitative estimate of drug-likeness (QED) is 0.721. The SMILES string of the molecule is CC(=O)[C@@H](Cc1ccccc1)NC(=O)COC(=O)c1ccc(Br)cc1. The normalized spacial score (nSPS) is 11.4. The van der Waals surface area contributed by atoms with Crippen molar-refractivity contribution in [2.45, 2.75) is 19.4 Å². The van der Waals surface area contributed by atoms with Crippen molar-refractivity contribution in [3.8, 4) is 0 Å². The van der Waals surface area contributed by atoms with Crippen molar-refractivity contribution in [2.24, 2.45) is 0 Å². The first-order valence-corrected chi connectivity index (χ1v) is 8.51. The van der Waals surface area contributed by atoms with Gasteiger partial charge in [0.1, 0.15) is 0 Å². The summed E-state index contributed by atoms with van der Waals surface area (Å²) in [5.74, 6) is -1.26. The number of hydrogen-bond donors (Lipinski definition) is 1. The Morgan fingerprint density at radius 3 is 2.28 bits per heavy atom. The largest absolute Gasteiger partial charge is 0.452 e. The molecule has 0 spiro atoms. The highest BCUT2D eigenvalue weighted by Crippen LogP contribution is 2.11. The lowest BCUT2D eigenvalue weighted by Gasteiger charge is -2.16. The Hall–Kier alpha value is -2.47. The average Bonchev–Trinajstić information content (AvgIpc) is 2.60. The van der Waals surface area contributed by atoms with Gasteiger partial charge in [-0.05, 0) is 43.2 Å². The van der Waals surface area contributed by atoms with E-state index in [-0.39, 0.29) is 5.78 Å². The molecule has 0 heterocycles. The highest BCUT2D eigenvalue weighted by molar-refractivity contribution is 9.10. The van der Waals surface area contributed by atoms with E-state index in [1.54, 1.807) is 24.3 Å². The predicted octanol–water partition coefficient (Wildman–Crippen LogP) is 2.92. The topological polar surface area (TPSA) is 72.5 Å². The molecule has 25 heavy (non-hydrogen) atoms. The molecule has 0 fully saturated rings. The lowest BCUT2D eigenvalue weighted by atomic mass is 10.0. The molecule has 0 unspecified atom stereocenters. The summed E-state index contributed by atoms with van der Waals surface area (Å²) in [6, 6.07) is 15.3. The van der Waals surface area contributed by atoms with Crippen LogP contribution in [0.1, 0.15) is 22.8 Å². The summed E-state index contributed by atoms with van der Waals surface area (Å²) < 4.78 is 5.82. The van der Waals surface area contributed by atoms with Crippen molar-refractivity contribution in [2.75, 3.05) is 6.61 Å². The molecule has 2 aromatic rings. The maximum atomic E-state index is 12.0. The maximum absolute atomic E-state index is 12.0. The molecule has 1 atom stereocenters. The minimum Gasteiger partial charge on any atom is -0.452 e. The van der Waals surface area contributed by atoms with Gasteiger partial charge in [-0.15, -0.1) is 0 Å². The van der Waals surface area contributed by atoms with Gasteiger partial charge in [-0.1, -0.05) is 46.3 Å². The van der Waals surface area contributed by atoms with E-state index in [4.69, 9.17) is 4.74 Å². The van der Waals surface area contributed by atoms with Gasteiger partial charge in [0, 0.05) is 4.47 Å². The molecule has 1 N–H and O–H groups in total. The number of halogens is 1. The zero-order valence-corrected chi connectivity index (χ0v) is 15.3. The molecule has 5 nitrogen and oxygen atoms in total. The molecule has 0 aromatic heterocycles. The van der Waals surface area contributed by atoms with Crippen LogP contribution in [0.2, 0.25) is 0 Å². The van der Waals surface area contributed by atoms with Gasteiger partial charge >= 0.3 is 5.97 Å². The third-order valence-corrected chi connectivity index (χ3v) is 4.05. The van der Waals surface area contributed by atoms with Crippen LogP contribution < -0.4 is 5.32 Å². The molecule has 130 valence electrons. The Kier molecular flexibility index (Phi) is 6.89. The molecule has 0 radical (unpaired) electrons. The van der Waals surface area contributed by atoms with Gasteiger partial charge in [-0.2, -0.15) is 0 Å². The smallest absolute Gasteiger partial charge is 0.338 e. The summed E-state index contributed by atoms with van der Waals surface area (Å²) in [6.45, 7) is 0.981. The van der Waals surface area contributed by atoms with Crippen LogP contribution in [0.15, 0.2) is 59.1 Å². The third-order valence-electron chi connectivity index (χ3n) is 3.52. The summed E-state index contributed by atoms with van der Waals surface area (Å²) in [5, 5.41) is 2.61. The molecule has 0 aliphatic carbocycles. The van der Waals surface area contributed by atoms with Crippen LogP contribution in [-0.2, 0) is 20.7 Å². The summed E-state index contributed by atoms with van der Waals surface area (Å²) in [7, 11) is 0. The number of amides is 1. The van der Waals surface area contributed by atoms with E-state index in [1.807, 2.05) is 30.3 Å². The zero-order valence-electron chi connectivity index (χ0n) is 13.7. The highest BCUT2D eigenvalue weighted by Gasteiger charge is 2.18. The second kappa shape index (κ2) is 9.13. The van der Waals surface area contributed by atoms with Crippen molar-refractivity contribution in [1.82, 2.24) is 5.32 Å². The number of ether oxygens (including phenoxy) is 1. The van der Waals surface area contributed by atoms with Crippen LogP contribution >= 0.6 is 15.9 Å². The van der Waals surface area contributed by atoms with Crippen LogP contribution in [0.25, 0.3) is 0 Å². The summed E-state index contributed by atoms with van der Waals surface area (Å²) >= 11 is 3.28. The van der Waals surface area contributed by atoms with E-state index in [2.05, 4.69) is 21.2 Å². The van der Waals surface area contributed by atoms with Crippen LogP contribution in [-0.4, -0.2) is 30.3 Å². The monoisotopic (exact) mass is 403 g/mol. The van der Waals surface area contributed by atoms with Gasteiger partial charge in [0.05, 0.1) is 11.6 Å². The number of hydrogen-bond acceptors (Lipinski definition) is 4. The molecule has 0 bridgehead atoms. The standard InChI is InChI=1S/C19H18BrNO4/c1-13(22)17(11-14-5-3-2-4-6-14)21-18(23)12-25-19(24)15-7-9-16(20)10-8-15/h2-10,17H,11-12H2,1H3,(H,21,23)/t17-/m1/s1. The molecule has 0 saturated heterocycles. The number of benzene rings is 2. The molecular weight excluding hydrogens is 386 g/mol. The number of Topliss-reactive ketones (excluding diaryl/α,β-unsaturated/α-hetero) is 1. The molecule has 0 aliphatic heterocycles. The van der Waals surface area contributed by atoms with Gasteiger partial charge in [-0.25, -0.2) is 4.79 Å². The molecule has 2 rings (SSSR count). The summed E-state index contributed by atoms with van der Waals surface area (Å²) in [5.41, 5.74) is 1.29. The van der Waals surface area contributed by atoms with E-state index < -0.39 is 24.5 Å². The minimum absolute atomic E-state index is 0.156. The van der Waals surface area contributed by atoms with Crippen molar-refractivity contribution in [1.29, 1.82) is 0 Å². The van der Waals surface area contributed by atoms with Gasteiger partial charge in [0.25, 0.3) is 5.91 Å². The van der Waals surface area contributed by atoms with E-state index in [0.29, 0.717) is 12.0 Å². The predicted molar refractivity (Wildman–Crippen MR) is 97.2 cm³/mol. The van der Waals surface area contributed by atoms with Crippen molar-refractivity contribution in [3.63, 3.8) is 0 Å². The Balaban J connectivity index is 1.87. The summed E-state index contributed by atoms with van der Waals surface area (Å²) in [4.78, 5) is 35.6. The van der Waals surface area contributed by atoms with Crippen LogP contribution in [0.3, 0.4) is 0 Å². The van der Waals surface area contributed by atoms with Crippen molar-refractivity contribution in [3.05, 3.63) is 70.2 Å². The maximum Gasteiger partial charge on any atom is 0.338 e.